The quantitative estimate of drug-likeness (QED) is 0.919. The second-order valence-electron chi connectivity index (χ2n) is 5.99. The van der Waals surface area contributed by atoms with E-state index in [0.29, 0.717) is 6.42 Å². The van der Waals surface area contributed by atoms with E-state index in [1.54, 1.807) is 0 Å². The zero-order valence-electron chi connectivity index (χ0n) is 11.9. The number of carbonyl (C=O) groups is 1. The van der Waals surface area contributed by atoms with Crippen LogP contribution in [-0.4, -0.2) is 20.6 Å². The molecule has 4 nitrogen and oxygen atoms in total. The minimum atomic E-state index is -0.764. The largest absolute Gasteiger partial charge is 0.481 e. The van der Waals surface area contributed by atoms with E-state index in [1.807, 2.05) is 27.8 Å². The minimum absolute atomic E-state index is 0.148. The third-order valence-electron chi connectivity index (χ3n) is 3.40. The maximum absolute atomic E-state index is 10.9. The van der Waals surface area contributed by atoms with Crippen molar-refractivity contribution >= 4 is 17.0 Å². The summed E-state index contributed by atoms with van der Waals surface area (Å²) in [5, 5.41) is 8.95. The number of imidazole rings is 1. The summed E-state index contributed by atoms with van der Waals surface area (Å²) >= 11 is 0. The number of aryl methyl sites for hydroxylation is 2. The summed E-state index contributed by atoms with van der Waals surface area (Å²) in [5.41, 5.74) is 2.95. The van der Waals surface area contributed by atoms with Crippen LogP contribution in [0.4, 0.5) is 0 Å². The Hall–Kier alpha value is -1.84. The van der Waals surface area contributed by atoms with Crippen LogP contribution in [0.25, 0.3) is 11.0 Å². The molecule has 4 heteroatoms. The Morgan fingerprint density at radius 1 is 1.42 bits per heavy atom. The van der Waals surface area contributed by atoms with Gasteiger partial charge in [0, 0.05) is 13.5 Å². The Bertz CT molecular complexity index is 626. The Kier molecular flexibility index (Phi) is 3.35. The van der Waals surface area contributed by atoms with Crippen molar-refractivity contribution in [2.75, 3.05) is 0 Å². The highest BCUT2D eigenvalue weighted by molar-refractivity contribution is 5.76. The first-order valence-corrected chi connectivity index (χ1v) is 6.42. The van der Waals surface area contributed by atoms with E-state index in [0.717, 1.165) is 16.9 Å². The first-order chi connectivity index (χ1) is 8.78. The van der Waals surface area contributed by atoms with Gasteiger partial charge in [-0.15, -0.1) is 0 Å². The second kappa shape index (κ2) is 4.68. The predicted octanol–water partition coefficient (Wildman–Crippen LogP) is 2.93. The van der Waals surface area contributed by atoms with Gasteiger partial charge in [0.15, 0.2) is 0 Å². The molecule has 0 saturated carbocycles. The molecule has 2 rings (SSSR count). The van der Waals surface area contributed by atoms with Crippen molar-refractivity contribution in [3.8, 4) is 0 Å². The Morgan fingerprint density at radius 2 is 2.11 bits per heavy atom. The van der Waals surface area contributed by atoms with Gasteiger partial charge < -0.3 is 9.67 Å². The van der Waals surface area contributed by atoms with Crippen LogP contribution in [0, 0.1) is 12.3 Å². The number of fused-ring (bicyclic) bond motifs is 1. The molecular formula is C15H20N2O2. The molecule has 0 spiro atoms. The van der Waals surface area contributed by atoms with Gasteiger partial charge in [0.25, 0.3) is 0 Å². The lowest BCUT2D eigenvalue weighted by Crippen LogP contribution is -2.21. The first-order valence-electron chi connectivity index (χ1n) is 6.42. The molecule has 1 aromatic carbocycles. The lowest BCUT2D eigenvalue weighted by Gasteiger charge is -2.21. The topological polar surface area (TPSA) is 55.1 Å². The summed E-state index contributed by atoms with van der Waals surface area (Å²) in [4.78, 5) is 15.5. The van der Waals surface area contributed by atoms with Crippen molar-refractivity contribution in [3.63, 3.8) is 0 Å². The number of rotatable bonds is 4. The van der Waals surface area contributed by atoms with Gasteiger partial charge in [-0.3, -0.25) is 4.79 Å². The van der Waals surface area contributed by atoms with E-state index in [9.17, 15) is 4.79 Å². The predicted molar refractivity (Wildman–Crippen MR) is 75.2 cm³/mol. The highest BCUT2D eigenvalue weighted by Gasteiger charge is 2.24. The highest BCUT2D eigenvalue weighted by atomic mass is 16.4. The summed E-state index contributed by atoms with van der Waals surface area (Å²) in [6.45, 7) is 5.97. The number of hydrogen-bond donors (Lipinski definition) is 1. The van der Waals surface area contributed by atoms with E-state index in [2.05, 4.69) is 27.8 Å². The number of aliphatic carboxylic acids is 1. The van der Waals surface area contributed by atoms with Crippen molar-refractivity contribution in [1.82, 2.24) is 9.55 Å². The molecule has 0 saturated heterocycles. The maximum Gasteiger partial charge on any atom is 0.303 e. The van der Waals surface area contributed by atoms with Gasteiger partial charge >= 0.3 is 5.97 Å². The van der Waals surface area contributed by atoms with Crippen molar-refractivity contribution in [2.24, 2.45) is 12.5 Å². The highest BCUT2D eigenvalue weighted by Crippen LogP contribution is 2.27. The molecule has 19 heavy (non-hydrogen) atoms. The third kappa shape index (κ3) is 2.95. The third-order valence-corrected chi connectivity index (χ3v) is 3.40. The summed E-state index contributed by atoms with van der Waals surface area (Å²) < 4.78 is 2.05. The molecule has 1 aromatic heterocycles. The molecule has 0 aliphatic heterocycles. The average Bonchev–Trinajstić information content (AvgIpc) is 2.52. The van der Waals surface area contributed by atoms with Crippen LogP contribution in [0.2, 0.25) is 0 Å². The van der Waals surface area contributed by atoms with Gasteiger partial charge in [-0.1, -0.05) is 19.9 Å². The molecule has 1 N–H and O–H groups in total. The zero-order valence-corrected chi connectivity index (χ0v) is 11.9. The van der Waals surface area contributed by atoms with E-state index in [1.165, 1.54) is 5.56 Å². The number of nitrogens with zero attached hydrogens (tertiary/aromatic N) is 2. The number of aromatic nitrogens is 2. The molecule has 0 aliphatic rings. The van der Waals surface area contributed by atoms with Gasteiger partial charge in [0.2, 0.25) is 0 Å². The molecule has 0 unspecified atom stereocenters. The molecular weight excluding hydrogens is 240 g/mol. The molecule has 0 radical (unpaired) electrons. The molecule has 0 atom stereocenters. The maximum atomic E-state index is 10.9. The van der Waals surface area contributed by atoms with E-state index >= 15 is 0 Å². The van der Waals surface area contributed by atoms with Gasteiger partial charge in [-0.05, 0) is 30.0 Å². The Balaban J connectivity index is 2.35. The van der Waals surface area contributed by atoms with Crippen LogP contribution in [-0.2, 0) is 18.3 Å². The van der Waals surface area contributed by atoms with E-state index in [-0.39, 0.29) is 11.8 Å². The van der Waals surface area contributed by atoms with E-state index in [4.69, 9.17) is 5.11 Å². The van der Waals surface area contributed by atoms with Crippen molar-refractivity contribution < 1.29 is 9.90 Å². The molecule has 2 aromatic rings. The number of benzene rings is 1. The van der Waals surface area contributed by atoms with Gasteiger partial charge in [0.05, 0.1) is 17.5 Å². The van der Waals surface area contributed by atoms with Crippen molar-refractivity contribution in [3.05, 3.63) is 29.6 Å². The normalized spacial score (nSPS) is 12.0. The molecule has 0 aliphatic carbocycles. The van der Waals surface area contributed by atoms with E-state index < -0.39 is 5.97 Å². The standard InChI is InChI=1S/C15H20N2O2/c1-10-5-6-12-11(7-10)16-13(17(12)4)8-15(2,3)9-14(18)19/h5-7H,8-9H2,1-4H3,(H,18,19). The minimum Gasteiger partial charge on any atom is -0.481 e. The van der Waals surface area contributed by atoms with Crippen LogP contribution in [0.3, 0.4) is 0 Å². The summed E-state index contributed by atoms with van der Waals surface area (Å²) in [6, 6.07) is 6.19. The zero-order chi connectivity index (χ0) is 14.2. The van der Waals surface area contributed by atoms with Crippen molar-refractivity contribution in [1.29, 1.82) is 0 Å². The van der Waals surface area contributed by atoms with Crippen LogP contribution >= 0.6 is 0 Å². The fourth-order valence-corrected chi connectivity index (χ4v) is 2.42. The molecule has 1 heterocycles. The smallest absolute Gasteiger partial charge is 0.303 e. The van der Waals surface area contributed by atoms with Crippen LogP contribution in [0.1, 0.15) is 31.7 Å². The molecule has 0 bridgehead atoms. The van der Waals surface area contributed by atoms with Crippen LogP contribution in [0.5, 0.6) is 0 Å². The average molecular weight is 260 g/mol. The molecule has 102 valence electrons. The number of carboxylic acid groups (broad SMARTS) is 1. The first kappa shape index (κ1) is 13.6. The van der Waals surface area contributed by atoms with Crippen molar-refractivity contribution in [2.45, 2.75) is 33.6 Å². The SMILES string of the molecule is Cc1ccc2c(c1)nc(CC(C)(C)CC(=O)O)n2C. The van der Waals surface area contributed by atoms with Gasteiger partial charge in [-0.2, -0.15) is 0 Å². The Morgan fingerprint density at radius 3 is 2.74 bits per heavy atom. The number of carboxylic acids is 1. The summed E-state index contributed by atoms with van der Waals surface area (Å²) in [5.74, 6) is 0.173. The second-order valence-corrected chi connectivity index (χ2v) is 5.99. The summed E-state index contributed by atoms with van der Waals surface area (Å²) in [7, 11) is 1.98. The fourth-order valence-electron chi connectivity index (χ4n) is 2.42. The fraction of sp³-hybridized carbons (Fsp3) is 0.467. The number of hydrogen-bond acceptors (Lipinski definition) is 2. The Labute approximate surface area is 113 Å². The lowest BCUT2D eigenvalue weighted by atomic mass is 9.85. The van der Waals surface area contributed by atoms with Crippen LogP contribution in [0.15, 0.2) is 18.2 Å². The molecule has 0 fully saturated rings. The van der Waals surface area contributed by atoms with Gasteiger partial charge in [-0.25, -0.2) is 4.98 Å². The monoisotopic (exact) mass is 260 g/mol. The van der Waals surface area contributed by atoms with Crippen LogP contribution < -0.4 is 0 Å². The summed E-state index contributed by atoms with van der Waals surface area (Å²) in [6.07, 6.45) is 0.804. The van der Waals surface area contributed by atoms with Gasteiger partial charge in [0.1, 0.15) is 5.82 Å². The molecule has 0 amide bonds. The lowest BCUT2D eigenvalue weighted by molar-refractivity contribution is -0.139.